The van der Waals surface area contributed by atoms with E-state index in [4.69, 9.17) is 20.4 Å². The Morgan fingerprint density at radius 1 is 1.24 bits per heavy atom. The Morgan fingerprint density at radius 2 is 1.90 bits per heavy atom. The summed E-state index contributed by atoms with van der Waals surface area (Å²) >= 11 is 0. The van der Waals surface area contributed by atoms with Crippen molar-refractivity contribution in [3.05, 3.63) is 40.7 Å². The second kappa shape index (κ2) is 6.56. The van der Waals surface area contributed by atoms with Gasteiger partial charge in [-0.2, -0.15) is 15.6 Å². The van der Waals surface area contributed by atoms with Crippen LogP contribution in [0.4, 0.5) is 0 Å². The molecule has 2 aromatic rings. The summed E-state index contributed by atoms with van der Waals surface area (Å²) in [6.45, 7) is 1.92. The van der Waals surface area contributed by atoms with Crippen molar-refractivity contribution in [1.29, 1.82) is 10.5 Å². The number of hydrogen-bond acceptors (Lipinski definition) is 5. The van der Waals surface area contributed by atoms with Gasteiger partial charge in [0.15, 0.2) is 5.75 Å². The number of nitriles is 2. The molecule has 21 heavy (non-hydrogen) atoms. The third kappa shape index (κ3) is 3.19. The largest absolute Gasteiger partial charge is 0.453 e. The first kappa shape index (κ1) is 14.6. The van der Waals surface area contributed by atoms with E-state index in [1.54, 1.807) is 12.1 Å². The zero-order valence-corrected chi connectivity index (χ0v) is 11.6. The van der Waals surface area contributed by atoms with E-state index >= 15 is 0 Å². The Morgan fingerprint density at radius 3 is 2.43 bits per heavy atom. The molecule has 0 fully saturated rings. The van der Waals surface area contributed by atoms with E-state index in [1.807, 2.05) is 19.1 Å². The molecule has 0 atom stereocenters. The molecule has 0 aliphatic carbocycles. The third-order valence-electron chi connectivity index (χ3n) is 2.94. The number of aryl methyl sites for hydroxylation is 1. The summed E-state index contributed by atoms with van der Waals surface area (Å²) in [5.41, 5.74) is 2.14. The van der Waals surface area contributed by atoms with Gasteiger partial charge in [0.05, 0.1) is 29.0 Å². The first-order valence-corrected chi connectivity index (χ1v) is 6.52. The Hall–Kier alpha value is -2.83. The van der Waals surface area contributed by atoms with Crippen molar-refractivity contribution < 1.29 is 9.84 Å². The van der Waals surface area contributed by atoms with Gasteiger partial charge in [-0.15, -0.1) is 0 Å². The van der Waals surface area contributed by atoms with Crippen LogP contribution in [0, 0.1) is 22.7 Å². The number of aromatic amines is 1. The molecule has 0 amide bonds. The van der Waals surface area contributed by atoms with E-state index in [-0.39, 0.29) is 6.61 Å². The number of hydrogen-bond donors (Lipinski definition) is 2. The summed E-state index contributed by atoms with van der Waals surface area (Å²) in [4.78, 5) is 0. The number of aromatic nitrogens is 2. The maximum absolute atomic E-state index is 9.07. The van der Waals surface area contributed by atoms with Crippen molar-refractivity contribution in [3.8, 4) is 23.6 Å². The number of rotatable bonds is 5. The second-order valence-electron chi connectivity index (χ2n) is 4.38. The molecule has 0 unspecified atom stereocenters. The van der Waals surface area contributed by atoms with Crippen LogP contribution in [-0.4, -0.2) is 21.9 Å². The van der Waals surface area contributed by atoms with Crippen LogP contribution in [-0.2, 0) is 12.8 Å². The Balaban J connectivity index is 2.40. The molecule has 0 bridgehead atoms. The van der Waals surface area contributed by atoms with Gasteiger partial charge in [0.2, 0.25) is 0 Å². The maximum atomic E-state index is 9.07. The number of benzene rings is 1. The minimum absolute atomic E-state index is 0.0244. The molecule has 2 N–H and O–H groups in total. The molecule has 106 valence electrons. The van der Waals surface area contributed by atoms with Gasteiger partial charge < -0.3 is 9.84 Å². The van der Waals surface area contributed by atoms with Gasteiger partial charge in [-0.3, -0.25) is 5.10 Å². The van der Waals surface area contributed by atoms with Crippen LogP contribution in [0.2, 0.25) is 0 Å². The van der Waals surface area contributed by atoms with Gasteiger partial charge in [-0.05, 0) is 24.6 Å². The molecule has 6 heteroatoms. The predicted octanol–water partition coefficient (Wildman–Crippen LogP) is 2.04. The molecule has 0 aliphatic heterocycles. The van der Waals surface area contributed by atoms with Crippen molar-refractivity contribution in [3.63, 3.8) is 0 Å². The Bertz CT molecular complexity index is 690. The quantitative estimate of drug-likeness (QED) is 0.872. The normalized spacial score (nSPS) is 9.90. The van der Waals surface area contributed by atoms with Crippen LogP contribution in [0.5, 0.6) is 11.5 Å². The van der Waals surface area contributed by atoms with Gasteiger partial charge in [0.1, 0.15) is 11.4 Å². The van der Waals surface area contributed by atoms with E-state index < -0.39 is 0 Å². The fraction of sp³-hybridized carbons (Fsp3) is 0.267. The fourth-order valence-electron chi connectivity index (χ4n) is 1.96. The standard InChI is InChI=1S/C15H14N4O2/c1-2-13-15(14(3-4-20)19-18-13)21-12-6-10(8-16)5-11(7-12)9-17/h5-7,20H,2-4H2,1H3,(H,18,19). The molecule has 0 saturated carbocycles. The smallest absolute Gasteiger partial charge is 0.171 e. The monoisotopic (exact) mass is 282 g/mol. The van der Waals surface area contributed by atoms with Crippen LogP contribution < -0.4 is 4.74 Å². The zero-order chi connectivity index (χ0) is 15.2. The number of aliphatic hydroxyl groups excluding tert-OH is 1. The van der Waals surface area contributed by atoms with E-state index in [9.17, 15) is 0 Å². The van der Waals surface area contributed by atoms with Crippen LogP contribution in [0.15, 0.2) is 18.2 Å². The summed E-state index contributed by atoms with van der Waals surface area (Å²) in [5.74, 6) is 0.950. The molecule has 1 aromatic carbocycles. The van der Waals surface area contributed by atoms with Crippen LogP contribution in [0.3, 0.4) is 0 Å². The Kier molecular flexibility index (Phi) is 4.55. The average Bonchev–Trinajstić information content (AvgIpc) is 2.89. The summed E-state index contributed by atoms with van der Waals surface area (Å²) in [6, 6.07) is 8.62. The third-order valence-corrected chi connectivity index (χ3v) is 2.94. The predicted molar refractivity (Wildman–Crippen MR) is 74.7 cm³/mol. The molecule has 0 aliphatic rings. The lowest BCUT2D eigenvalue weighted by atomic mass is 10.1. The summed E-state index contributed by atoms with van der Waals surface area (Å²) in [7, 11) is 0. The van der Waals surface area contributed by atoms with Crippen LogP contribution >= 0.6 is 0 Å². The Labute approximate surface area is 122 Å². The minimum Gasteiger partial charge on any atom is -0.453 e. The lowest BCUT2D eigenvalue weighted by Gasteiger charge is -2.08. The molecular formula is C15H14N4O2. The highest BCUT2D eigenvalue weighted by Crippen LogP contribution is 2.29. The van der Waals surface area contributed by atoms with Gasteiger partial charge in [-0.25, -0.2) is 0 Å². The highest BCUT2D eigenvalue weighted by atomic mass is 16.5. The average molecular weight is 282 g/mol. The van der Waals surface area contributed by atoms with E-state index in [0.29, 0.717) is 41.2 Å². The topological polar surface area (TPSA) is 106 Å². The number of ether oxygens (including phenoxy) is 1. The fourth-order valence-corrected chi connectivity index (χ4v) is 1.96. The first-order valence-electron chi connectivity index (χ1n) is 6.52. The minimum atomic E-state index is -0.0244. The SMILES string of the molecule is CCc1n[nH]c(CCO)c1Oc1cc(C#N)cc(C#N)c1. The molecule has 6 nitrogen and oxygen atoms in total. The van der Waals surface area contributed by atoms with Crippen molar-refractivity contribution in [2.45, 2.75) is 19.8 Å². The van der Waals surface area contributed by atoms with Gasteiger partial charge in [0, 0.05) is 13.0 Å². The summed E-state index contributed by atoms with van der Waals surface area (Å²) in [5, 5.41) is 34.0. The highest BCUT2D eigenvalue weighted by Gasteiger charge is 2.14. The highest BCUT2D eigenvalue weighted by molar-refractivity contribution is 5.47. The van der Waals surface area contributed by atoms with Crippen molar-refractivity contribution in [2.24, 2.45) is 0 Å². The zero-order valence-electron chi connectivity index (χ0n) is 11.6. The van der Waals surface area contributed by atoms with Crippen molar-refractivity contribution in [1.82, 2.24) is 10.2 Å². The number of aliphatic hydroxyl groups is 1. The molecule has 0 spiro atoms. The van der Waals surface area contributed by atoms with Gasteiger partial charge >= 0.3 is 0 Å². The van der Waals surface area contributed by atoms with Crippen molar-refractivity contribution >= 4 is 0 Å². The molecule has 2 rings (SSSR count). The summed E-state index contributed by atoms with van der Waals surface area (Å²) < 4.78 is 5.80. The summed E-state index contributed by atoms with van der Waals surface area (Å²) in [6.07, 6.45) is 1.06. The molecule has 0 saturated heterocycles. The first-order chi connectivity index (χ1) is 10.2. The molecule has 1 aromatic heterocycles. The van der Waals surface area contributed by atoms with Gasteiger partial charge in [0.25, 0.3) is 0 Å². The van der Waals surface area contributed by atoms with E-state index in [1.165, 1.54) is 6.07 Å². The van der Waals surface area contributed by atoms with Crippen LogP contribution in [0.25, 0.3) is 0 Å². The maximum Gasteiger partial charge on any atom is 0.171 e. The molecule has 0 radical (unpaired) electrons. The van der Waals surface area contributed by atoms with Crippen molar-refractivity contribution in [2.75, 3.05) is 6.61 Å². The number of nitrogens with one attached hydrogen (secondary N) is 1. The molecule has 1 heterocycles. The lowest BCUT2D eigenvalue weighted by Crippen LogP contribution is -1.96. The van der Waals surface area contributed by atoms with E-state index in [0.717, 1.165) is 5.69 Å². The second-order valence-corrected chi connectivity index (χ2v) is 4.38. The van der Waals surface area contributed by atoms with E-state index in [2.05, 4.69) is 10.2 Å². The van der Waals surface area contributed by atoms with Gasteiger partial charge in [-0.1, -0.05) is 6.92 Å². The molecular weight excluding hydrogens is 268 g/mol. The van der Waals surface area contributed by atoms with Crippen LogP contribution in [0.1, 0.15) is 29.4 Å². The number of nitrogens with zero attached hydrogens (tertiary/aromatic N) is 3. The number of H-pyrrole nitrogens is 1. The lowest BCUT2D eigenvalue weighted by molar-refractivity contribution is 0.296.